The fourth-order valence-electron chi connectivity index (χ4n) is 2.81. The van der Waals surface area contributed by atoms with Gasteiger partial charge < -0.3 is 5.11 Å². The lowest BCUT2D eigenvalue weighted by Gasteiger charge is -2.14. The molecule has 0 bridgehead atoms. The molecule has 2 N–H and O–H groups in total. The molecule has 0 aliphatic carbocycles. The predicted octanol–water partition coefficient (Wildman–Crippen LogP) is 4.08. The minimum atomic E-state index is -3.93. The third-order valence-electron chi connectivity index (χ3n) is 4.22. The van der Waals surface area contributed by atoms with Crippen LogP contribution in [0.15, 0.2) is 77.7 Å². The summed E-state index contributed by atoms with van der Waals surface area (Å²) >= 11 is 0. The van der Waals surface area contributed by atoms with Crippen molar-refractivity contribution in [2.45, 2.75) is 18.2 Å². The summed E-state index contributed by atoms with van der Waals surface area (Å²) in [6.45, 7) is 1.63. The zero-order valence-corrected chi connectivity index (χ0v) is 15.5. The summed E-state index contributed by atoms with van der Waals surface area (Å²) in [7, 11) is -3.93. The second-order valence-corrected chi connectivity index (χ2v) is 7.86. The lowest BCUT2D eigenvalue weighted by molar-refractivity contribution is 0.0696. The van der Waals surface area contributed by atoms with Crippen molar-refractivity contribution in [3.63, 3.8) is 0 Å². The Balaban J connectivity index is 1.96. The maximum Gasteiger partial charge on any atom is 0.335 e. The Morgan fingerprint density at radius 1 is 0.963 bits per heavy atom. The summed E-state index contributed by atoms with van der Waals surface area (Å²) in [5.74, 6) is -1.17. The van der Waals surface area contributed by atoms with Crippen LogP contribution >= 0.6 is 0 Å². The number of nitrogens with one attached hydrogen (secondary N) is 1. The van der Waals surface area contributed by atoms with Gasteiger partial charge in [-0.1, -0.05) is 54.6 Å². The third-order valence-corrected chi connectivity index (χ3v) is 5.73. The standard InChI is InChI=1S/C21H19NO4S/c1-15-11-12-18(21(23)24)14-20(15)27(25,26)22-19-10-6-5-9-17(19)13-16-7-3-2-4-8-16/h2-12,14,22H,13H2,1H3,(H,23,24). The van der Waals surface area contributed by atoms with Crippen LogP contribution in [0.2, 0.25) is 0 Å². The van der Waals surface area contributed by atoms with Crippen LogP contribution < -0.4 is 4.72 Å². The maximum atomic E-state index is 12.9. The van der Waals surface area contributed by atoms with E-state index in [0.29, 0.717) is 17.7 Å². The highest BCUT2D eigenvalue weighted by Crippen LogP contribution is 2.25. The molecule has 0 radical (unpaired) electrons. The molecule has 0 unspecified atom stereocenters. The van der Waals surface area contributed by atoms with E-state index in [9.17, 15) is 13.2 Å². The number of hydrogen-bond acceptors (Lipinski definition) is 3. The summed E-state index contributed by atoms with van der Waals surface area (Å²) in [6, 6.07) is 21.0. The highest BCUT2D eigenvalue weighted by atomic mass is 32.2. The highest BCUT2D eigenvalue weighted by molar-refractivity contribution is 7.92. The average molecular weight is 381 g/mol. The third kappa shape index (κ3) is 4.35. The molecule has 3 aromatic carbocycles. The summed E-state index contributed by atoms with van der Waals surface area (Å²) in [5.41, 5.74) is 2.78. The van der Waals surface area contributed by atoms with Crippen LogP contribution in [0.3, 0.4) is 0 Å². The van der Waals surface area contributed by atoms with Gasteiger partial charge in [-0.15, -0.1) is 0 Å². The van der Waals surface area contributed by atoms with Crippen molar-refractivity contribution in [1.82, 2.24) is 0 Å². The van der Waals surface area contributed by atoms with Gasteiger partial charge in [0.1, 0.15) is 0 Å². The number of aromatic carboxylic acids is 1. The van der Waals surface area contributed by atoms with E-state index < -0.39 is 16.0 Å². The van der Waals surface area contributed by atoms with Crippen LogP contribution in [0.4, 0.5) is 5.69 Å². The number of sulfonamides is 1. The molecule has 0 saturated carbocycles. The normalized spacial score (nSPS) is 11.1. The van der Waals surface area contributed by atoms with E-state index in [1.165, 1.54) is 18.2 Å². The number of anilines is 1. The van der Waals surface area contributed by atoms with Crippen molar-refractivity contribution in [1.29, 1.82) is 0 Å². The van der Waals surface area contributed by atoms with E-state index in [2.05, 4.69) is 4.72 Å². The number of carboxylic acids is 1. The highest BCUT2D eigenvalue weighted by Gasteiger charge is 2.20. The fourth-order valence-corrected chi connectivity index (χ4v) is 4.18. The first-order valence-corrected chi connectivity index (χ1v) is 9.84. The molecule has 0 aliphatic heterocycles. The Labute approximate surface area is 158 Å². The molecular weight excluding hydrogens is 362 g/mol. The van der Waals surface area contributed by atoms with Gasteiger partial charge in [-0.2, -0.15) is 0 Å². The largest absolute Gasteiger partial charge is 0.478 e. The van der Waals surface area contributed by atoms with Gasteiger partial charge in [0.25, 0.3) is 10.0 Å². The van der Waals surface area contributed by atoms with Crippen LogP contribution in [0.1, 0.15) is 27.0 Å². The van der Waals surface area contributed by atoms with Gasteiger partial charge in [-0.3, -0.25) is 4.72 Å². The zero-order chi connectivity index (χ0) is 19.4. The molecule has 5 nitrogen and oxygen atoms in total. The predicted molar refractivity (Wildman–Crippen MR) is 105 cm³/mol. The van der Waals surface area contributed by atoms with Crippen LogP contribution in [-0.2, 0) is 16.4 Å². The van der Waals surface area contributed by atoms with Crippen molar-refractivity contribution in [2.75, 3.05) is 4.72 Å². The molecular formula is C21H19NO4S. The molecule has 0 aromatic heterocycles. The summed E-state index contributed by atoms with van der Waals surface area (Å²) in [4.78, 5) is 11.1. The number of aryl methyl sites for hydroxylation is 1. The van der Waals surface area contributed by atoms with Crippen LogP contribution in [0, 0.1) is 6.92 Å². The van der Waals surface area contributed by atoms with Crippen LogP contribution in [0.25, 0.3) is 0 Å². The van der Waals surface area contributed by atoms with Gasteiger partial charge in [0.05, 0.1) is 16.1 Å². The lowest BCUT2D eigenvalue weighted by Crippen LogP contribution is -2.16. The molecule has 0 spiro atoms. The number of rotatable bonds is 6. The van der Waals surface area contributed by atoms with E-state index in [1.54, 1.807) is 19.1 Å². The molecule has 0 saturated heterocycles. The number of benzene rings is 3. The van der Waals surface area contributed by atoms with Crippen molar-refractivity contribution < 1.29 is 18.3 Å². The van der Waals surface area contributed by atoms with Gasteiger partial charge in [0.2, 0.25) is 0 Å². The minimum Gasteiger partial charge on any atom is -0.478 e. The second kappa shape index (κ2) is 7.63. The summed E-state index contributed by atoms with van der Waals surface area (Å²) < 4.78 is 28.4. The van der Waals surface area contributed by atoms with Gasteiger partial charge in [-0.05, 0) is 48.2 Å². The van der Waals surface area contributed by atoms with Gasteiger partial charge >= 0.3 is 5.97 Å². The fraction of sp³-hybridized carbons (Fsp3) is 0.0952. The molecule has 0 atom stereocenters. The molecule has 3 aromatic rings. The van der Waals surface area contributed by atoms with E-state index in [4.69, 9.17) is 5.11 Å². The Morgan fingerprint density at radius 2 is 1.63 bits per heavy atom. The molecule has 0 aliphatic rings. The van der Waals surface area contributed by atoms with E-state index in [1.807, 2.05) is 42.5 Å². The van der Waals surface area contributed by atoms with Gasteiger partial charge in [0, 0.05) is 0 Å². The first-order chi connectivity index (χ1) is 12.9. The SMILES string of the molecule is Cc1ccc(C(=O)O)cc1S(=O)(=O)Nc1ccccc1Cc1ccccc1. The number of hydrogen-bond donors (Lipinski definition) is 2. The smallest absolute Gasteiger partial charge is 0.335 e. The zero-order valence-electron chi connectivity index (χ0n) is 14.7. The molecule has 138 valence electrons. The topological polar surface area (TPSA) is 83.5 Å². The number of para-hydroxylation sites is 1. The lowest BCUT2D eigenvalue weighted by atomic mass is 10.0. The van der Waals surface area contributed by atoms with Crippen molar-refractivity contribution in [3.05, 3.63) is 95.1 Å². The Hall–Kier alpha value is -3.12. The average Bonchev–Trinajstić information content (AvgIpc) is 2.64. The monoisotopic (exact) mass is 381 g/mol. The Kier molecular flexibility index (Phi) is 5.28. The van der Waals surface area contributed by atoms with Crippen molar-refractivity contribution >= 4 is 21.7 Å². The summed E-state index contributed by atoms with van der Waals surface area (Å²) in [6.07, 6.45) is 0.577. The van der Waals surface area contributed by atoms with Crippen LogP contribution in [0.5, 0.6) is 0 Å². The van der Waals surface area contributed by atoms with E-state index >= 15 is 0 Å². The van der Waals surface area contributed by atoms with E-state index in [-0.39, 0.29) is 10.5 Å². The van der Waals surface area contributed by atoms with Gasteiger partial charge in [-0.25, -0.2) is 13.2 Å². The molecule has 6 heteroatoms. The molecule has 0 amide bonds. The quantitative estimate of drug-likeness (QED) is 0.674. The number of carboxylic acid groups (broad SMARTS) is 1. The maximum absolute atomic E-state index is 12.9. The summed E-state index contributed by atoms with van der Waals surface area (Å²) in [5, 5.41) is 9.15. The van der Waals surface area contributed by atoms with Crippen LogP contribution in [-0.4, -0.2) is 19.5 Å². The molecule has 0 heterocycles. The molecule has 0 fully saturated rings. The Bertz CT molecular complexity index is 1080. The van der Waals surface area contributed by atoms with Crippen molar-refractivity contribution in [3.8, 4) is 0 Å². The van der Waals surface area contributed by atoms with Gasteiger partial charge in [0.15, 0.2) is 0 Å². The molecule has 3 rings (SSSR count). The minimum absolute atomic E-state index is 0.0445. The molecule has 27 heavy (non-hydrogen) atoms. The number of carbonyl (C=O) groups is 1. The van der Waals surface area contributed by atoms with Crippen molar-refractivity contribution in [2.24, 2.45) is 0 Å². The first kappa shape index (κ1) is 18.7. The Morgan fingerprint density at radius 3 is 2.33 bits per heavy atom. The van der Waals surface area contributed by atoms with E-state index in [0.717, 1.165) is 11.1 Å². The first-order valence-electron chi connectivity index (χ1n) is 8.35. The second-order valence-electron chi connectivity index (χ2n) is 6.21.